The number of rotatable bonds is 13. The van der Waals surface area contributed by atoms with Crippen molar-refractivity contribution in [1.82, 2.24) is 0 Å². The molecule has 1 aliphatic rings. The van der Waals surface area contributed by atoms with Crippen LogP contribution in [-0.2, 0) is 23.4 Å². The van der Waals surface area contributed by atoms with Crippen LogP contribution in [-0.4, -0.2) is 53.4 Å². The molecule has 1 heterocycles. The number of carbonyl (C=O) groups excluding carboxylic acids is 1. The summed E-state index contributed by atoms with van der Waals surface area (Å²) < 4.78 is 24.9. The van der Waals surface area contributed by atoms with E-state index in [1.165, 1.54) is 22.0 Å². The van der Waals surface area contributed by atoms with E-state index in [1.807, 2.05) is 24.3 Å². The third kappa shape index (κ3) is 7.71. The Morgan fingerprint density at radius 2 is 1.68 bits per heavy atom. The van der Waals surface area contributed by atoms with Crippen molar-refractivity contribution >= 4 is 25.0 Å². The van der Waals surface area contributed by atoms with E-state index in [0.717, 1.165) is 12.7 Å². The lowest BCUT2D eigenvalue weighted by Gasteiger charge is -2.46. The number of aldehydes is 1. The van der Waals surface area contributed by atoms with Crippen molar-refractivity contribution in [2.45, 2.75) is 63.9 Å². The number of ether oxygens (including phenoxy) is 3. The number of benzene rings is 2. The molecule has 5 nitrogen and oxygen atoms in total. The second kappa shape index (κ2) is 14.5. The zero-order valence-corrected chi connectivity index (χ0v) is 24.3. The third-order valence-electron chi connectivity index (χ3n) is 6.85. The maximum absolute atomic E-state index is 11.2. The number of carbonyl (C=O) groups is 1. The summed E-state index contributed by atoms with van der Waals surface area (Å²) in [5, 5.41) is 2.18. The molecule has 2 aromatic carbocycles. The first-order valence-electron chi connectivity index (χ1n) is 13.3. The molecule has 0 aliphatic carbocycles. The van der Waals surface area contributed by atoms with Crippen LogP contribution in [0.3, 0.4) is 0 Å². The van der Waals surface area contributed by atoms with Crippen LogP contribution in [0.2, 0.25) is 5.04 Å². The van der Waals surface area contributed by atoms with Gasteiger partial charge in [-0.15, -0.1) is 0 Å². The van der Waals surface area contributed by atoms with Gasteiger partial charge in [0.2, 0.25) is 0 Å². The van der Waals surface area contributed by atoms with Crippen molar-refractivity contribution < 1.29 is 23.4 Å². The van der Waals surface area contributed by atoms with Crippen LogP contribution < -0.4 is 10.4 Å². The smallest absolute Gasteiger partial charge is 0.261 e. The van der Waals surface area contributed by atoms with Gasteiger partial charge in [-0.1, -0.05) is 111 Å². The summed E-state index contributed by atoms with van der Waals surface area (Å²) in [7, 11) is -1.26. The highest BCUT2D eigenvalue weighted by Gasteiger charge is 2.52. The second-order valence-corrected chi connectivity index (χ2v) is 14.9. The van der Waals surface area contributed by atoms with Crippen LogP contribution >= 0.6 is 0 Å². The highest BCUT2D eigenvalue weighted by molar-refractivity contribution is 6.99. The van der Waals surface area contributed by atoms with E-state index in [4.69, 9.17) is 18.6 Å². The van der Waals surface area contributed by atoms with E-state index >= 15 is 0 Å². The maximum Gasteiger partial charge on any atom is 0.261 e. The summed E-state index contributed by atoms with van der Waals surface area (Å²) in [6, 6.07) is 21.1. The predicted octanol–water partition coefficient (Wildman–Crippen LogP) is 5.36. The molecule has 3 rings (SSSR count). The van der Waals surface area contributed by atoms with Crippen molar-refractivity contribution in [2.75, 3.05) is 20.5 Å². The van der Waals surface area contributed by atoms with Crippen LogP contribution in [0.15, 0.2) is 96.6 Å². The van der Waals surface area contributed by atoms with Gasteiger partial charge in [0.15, 0.2) is 0 Å². The van der Waals surface area contributed by atoms with Crippen molar-refractivity contribution in [1.29, 1.82) is 0 Å². The second-order valence-electron chi connectivity index (χ2n) is 10.7. The Morgan fingerprint density at radius 3 is 2.21 bits per heavy atom. The highest BCUT2D eigenvalue weighted by atomic mass is 28.4. The zero-order valence-electron chi connectivity index (χ0n) is 23.3. The van der Waals surface area contributed by atoms with E-state index < -0.39 is 14.4 Å². The van der Waals surface area contributed by atoms with Crippen LogP contribution in [0.4, 0.5) is 0 Å². The van der Waals surface area contributed by atoms with Gasteiger partial charge in [-0.25, -0.2) is 0 Å². The first-order chi connectivity index (χ1) is 18.3. The van der Waals surface area contributed by atoms with Crippen molar-refractivity contribution in [3.8, 4) is 0 Å². The number of hydrogen-bond acceptors (Lipinski definition) is 5. The molecule has 6 heteroatoms. The molecule has 2 aromatic rings. The fourth-order valence-electron chi connectivity index (χ4n) is 5.00. The average Bonchev–Trinajstić information content (AvgIpc) is 2.91. The van der Waals surface area contributed by atoms with Gasteiger partial charge in [0.1, 0.15) is 19.2 Å². The summed E-state index contributed by atoms with van der Waals surface area (Å²) in [5.74, 6) is 0. The monoisotopic (exact) mass is 534 g/mol. The maximum atomic E-state index is 11.2. The Labute approximate surface area is 229 Å². The average molecular weight is 535 g/mol. The van der Waals surface area contributed by atoms with Crippen LogP contribution in [0.1, 0.15) is 40.5 Å². The molecule has 1 aliphatic heterocycles. The Hall–Kier alpha value is -2.61. The van der Waals surface area contributed by atoms with Crippen LogP contribution in [0.25, 0.3) is 0 Å². The molecule has 0 saturated heterocycles. The van der Waals surface area contributed by atoms with Crippen LogP contribution in [0.5, 0.6) is 0 Å². The van der Waals surface area contributed by atoms with Gasteiger partial charge in [-0.3, -0.25) is 4.79 Å². The summed E-state index contributed by atoms with van der Waals surface area (Å²) >= 11 is 0. The van der Waals surface area contributed by atoms with Crippen molar-refractivity contribution in [3.05, 3.63) is 96.6 Å². The van der Waals surface area contributed by atoms with Crippen LogP contribution in [0, 0.1) is 0 Å². The Morgan fingerprint density at radius 1 is 1.05 bits per heavy atom. The number of methoxy groups -OCH3 is 1. The minimum absolute atomic E-state index is 0.0207. The summed E-state index contributed by atoms with van der Waals surface area (Å²) in [4.78, 5) is 11.2. The number of allylic oxidation sites excluding steroid dienone is 1. The molecule has 0 amide bonds. The Kier molecular flexibility index (Phi) is 11.4. The fraction of sp³-hybridized carbons (Fsp3) is 0.406. The van der Waals surface area contributed by atoms with Gasteiger partial charge in [-0.2, -0.15) is 0 Å². The van der Waals surface area contributed by atoms with E-state index in [2.05, 4.69) is 88.4 Å². The molecule has 3 atom stereocenters. The summed E-state index contributed by atoms with van der Waals surface area (Å²) in [6.45, 7) is 9.61. The SMILES string of the molecule is COCO[C@@H](/C=C/[C@@H]1CC(C)=CCO1)[C@H](C/C=C/C=O)O[Si](c1ccccc1)(c1ccccc1)C(C)(C)C. The lowest BCUT2D eigenvalue weighted by Crippen LogP contribution is -2.68. The first kappa shape index (κ1) is 29.9. The highest BCUT2D eigenvalue weighted by Crippen LogP contribution is 2.38. The van der Waals surface area contributed by atoms with E-state index in [9.17, 15) is 4.79 Å². The van der Waals surface area contributed by atoms with Gasteiger partial charge < -0.3 is 18.6 Å². The topological polar surface area (TPSA) is 54.0 Å². The van der Waals surface area contributed by atoms with Gasteiger partial charge in [-0.05, 0) is 41.3 Å². The lowest BCUT2D eigenvalue weighted by atomic mass is 10.0. The zero-order chi connectivity index (χ0) is 27.4. The van der Waals surface area contributed by atoms with Gasteiger partial charge in [0.25, 0.3) is 8.32 Å². The summed E-state index contributed by atoms with van der Waals surface area (Å²) in [6.07, 6.45) is 11.0. The minimum Gasteiger partial charge on any atom is -0.401 e. The van der Waals surface area contributed by atoms with E-state index in [1.54, 1.807) is 7.11 Å². The molecular formula is C32H42O5Si. The molecule has 0 bridgehead atoms. The van der Waals surface area contributed by atoms with Gasteiger partial charge in [0.05, 0.1) is 18.8 Å². The molecule has 38 heavy (non-hydrogen) atoms. The predicted molar refractivity (Wildman–Crippen MR) is 156 cm³/mol. The lowest BCUT2D eigenvalue weighted by molar-refractivity contribution is -0.104. The molecule has 0 aromatic heterocycles. The molecule has 0 unspecified atom stereocenters. The fourth-order valence-corrected chi connectivity index (χ4v) is 9.70. The van der Waals surface area contributed by atoms with Crippen molar-refractivity contribution in [2.24, 2.45) is 0 Å². The quantitative estimate of drug-likeness (QED) is 0.114. The van der Waals surface area contributed by atoms with Gasteiger partial charge >= 0.3 is 0 Å². The largest absolute Gasteiger partial charge is 0.401 e. The normalized spacial score (nSPS) is 18.4. The third-order valence-corrected chi connectivity index (χ3v) is 11.9. The number of hydrogen-bond donors (Lipinski definition) is 0. The minimum atomic E-state index is -2.87. The molecule has 0 N–H and O–H groups in total. The van der Waals surface area contributed by atoms with Crippen molar-refractivity contribution in [3.63, 3.8) is 0 Å². The van der Waals surface area contributed by atoms with Gasteiger partial charge in [0, 0.05) is 7.11 Å². The Balaban J connectivity index is 2.10. The molecule has 204 valence electrons. The standard InChI is InChI=1S/C32H42O5Si/c1-26-21-23-35-27(24-26)19-20-30(36-25-34-5)31(18-12-13-22-33)37-38(32(2,3)4,28-14-8-6-9-15-28)29-16-10-7-11-17-29/h6-17,19-22,27,30-31H,18,23-25H2,1-5H3/b13-12+,20-19+/t27-,30+,31+/m1/s1. The molecule has 0 radical (unpaired) electrons. The molecule has 0 saturated carbocycles. The molecule has 0 spiro atoms. The van der Waals surface area contributed by atoms with E-state index in [-0.39, 0.29) is 24.0 Å². The summed E-state index contributed by atoms with van der Waals surface area (Å²) in [5.41, 5.74) is 1.31. The molecular weight excluding hydrogens is 492 g/mol. The molecule has 0 fully saturated rings. The van der Waals surface area contributed by atoms with E-state index in [0.29, 0.717) is 13.0 Å². The Bertz CT molecular complexity index is 1030. The first-order valence-corrected chi connectivity index (χ1v) is 15.2.